The van der Waals surface area contributed by atoms with Crippen LogP contribution in [-0.4, -0.2) is 82.4 Å². The summed E-state index contributed by atoms with van der Waals surface area (Å²) in [6, 6.07) is -1.46. The zero-order valence-electron chi connectivity index (χ0n) is 16.4. The Hall–Kier alpha value is 0.0799. The van der Waals surface area contributed by atoms with Crippen molar-refractivity contribution in [3.8, 4) is 0 Å². The molecule has 2 aliphatic rings. The minimum absolute atomic E-state index is 0.00991. The van der Waals surface area contributed by atoms with Crippen LogP contribution in [-0.2, 0) is 28.0 Å². The van der Waals surface area contributed by atoms with E-state index in [9.17, 15) is 9.46 Å². The fourth-order valence-electron chi connectivity index (χ4n) is 3.16. The van der Waals surface area contributed by atoms with Gasteiger partial charge in [0, 0.05) is 18.0 Å². The molecule has 0 aliphatic carbocycles. The molecular formula is C16H30B2NO7P. The van der Waals surface area contributed by atoms with E-state index in [2.05, 4.69) is 5.09 Å². The molecule has 2 N–H and O–H groups in total. The third-order valence-electron chi connectivity index (χ3n) is 4.30. The summed E-state index contributed by atoms with van der Waals surface area (Å²) in [4.78, 5) is 10.2. The van der Waals surface area contributed by atoms with Gasteiger partial charge in [0.25, 0.3) is 0 Å². The van der Waals surface area contributed by atoms with Gasteiger partial charge in [-0.1, -0.05) is 0 Å². The van der Waals surface area contributed by atoms with Crippen LogP contribution in [0, 0.1) is 0 Å². The van der Waals surface area contributed by atoms with E-state index in [4.69, 9.17) is 39.2 Å². The molecule has 0 aromatic rings. The fourth-order valence-corrected chi connectivity index (χ4v) is 4.28. The molecule has 0 saturated carbocycles. The number of rotatable bonds is 10. The van der Waals surface area contributed by atoms with Gasteiger partial charge in [-0.15, -0.1) is 0 Å². The maximum absolute atomic E-state index is 12.5. The molecule has 2 rings (SSSR count). The molecular weight excluding hydrogens is 371 g/mol. The molecule has 11 heteroatoms. The third-order valence-corrected chi connectivity index (χ3v) is 5.45. The maximum atomic E-state index is 12.5. The minimum Gasteiger partial charge on any atom is -0.381 e. The van der Waals surface area contributed by atoms with Crippen molar-refractivity contribution in [2.75, 3.05) is 13.2 Å². The second-order valence-electron chi connectivity index (χ2n) is 7.55. The lowest BCUT2D eigenvalue weighted by molar-refractivity contribution is -0.0559. The molecule has 0 aromatic carbocycles. The van der Waals surface area contributed by atoms with Crippen molar-refractivity contribution in [1.82, 2.24) is 5.09 Å². The van der Waals surface area contributed by atoms with E-state index in [-0.39, 0.29) is 31.5 Å². The highest BCUT2D eigenvalue weighted by Gasteiger charge is 2.40. The van der Waals surface area contributed by atoms with Crippen LogP contribution in [0.25, 0.3) is 0 Å². The molecule has 2 fully saturated rings. The van der Waals surface area contributed by atoms with E-state index >= 15 is 0 Å². The van der Waals surface area contributed by atoms with Crippen molar-refractivity contribution in [3.63, 3.8) is 0 Å². The van der Waals surface area contributed by atoms with Gasteiger partial charge in [-0.2, -0.15) is 0 Å². The summed E-state index contributed by atoms with van der Waals surface area (Å²) in [6.07, 6.45) is -0.324. The normalized spacial score (nSPS) is 36.6. The van der Waals surface area contributed by atoms with Gasteiger partial charge in [-0.3, -0.25) is 4.52 Å². The number of nitrogens with one attached hydrogen (secondary N) is 1. The van der Waals surface area contributed by atoms with Crippen LogP contribution in [0.1, 0.15) is 40.5 Å². The van der Waals surface area contributed by atoms with E-state index in [1.807, 2.05) is 27.7 Å². The molecule has 8 nitrogen and oxygen atoms in total. The van der Waals surface area contributed by atoms with Crippen LogP contribution in [0.5, 0.6) is 0 Å². The van der Waals surface area contributed by atoms with Crippen LogP contribution in [0.3, 0.4) is 0 Å². The lowest BCUT2D eigenvalue weighted by atomic mass is 9.95. The Labute approximate surface area is 164 Å². The van der Waals surface area contributed by atoms with Crippen molar-refractivity contribution >= 4 is 23.4 Å². The summed E-state index contributed by atoms with van der Waals surface area (Å²) in [6.45, 7) is 7.77. The smallest absolute Gasteiger partial charge is 0.381 e. The molecule has 0 spiro atoms. The van der Waals surface area contributed by atoms with Gasteiger partial charge in [-0.25, -0.2) is 9.65 Å². The summed E-state index contributed by atoms with van der Waals surface area (Å²) < 4.78 is 40.1. The van der Waals surface area contributed by atoms with Crippen LogP contribution in [0.4, 0.5) is 0 Å². The lowest BCUT2D eigenvalue weighted by Gasteiger charge is -2.25. The Morgan fingerprint density at radius 3 is 2.33 bits per heavy atom. The minimum atomic E-state index is -4.10. The van der Waals surface area contributed by atoms with Crippen molar-refractivity contribution < 1.29 is 32.9 Å². The molecule has 0 bridgehead atoms. The first-order valence-corrected chi connectivity index (χ1v) is 11.0. The second kappa shape index (κ2) is 10.2. The van der Waals surface area contributed by atoms with Crippen LogP contribution >= 0.6 is 7.75 Å². The molecule has 1 unspecified atom stereocenters. The highest BCUT2D eigenvalue weighted by atomic mass is 31.2. The Balaban J connectivity index is 1.87. The molecule has 2 aliphatic heterocycles. The zero-order chi connectivity index (χ0) is 20.2. The average Bonchev–Trinajstić information content (AvgIpc) is 3.04. The Kier molecular flexibility index (Phi) is 8.84. The monoisotopic (exact) mass is 401 g/mol. The quantitative estimate of drug-likeness (QED) is 0.411. The van der Waals surface area contributed by atoms with Gasteiger partial charge < -0.3 is 23.8 Å². The van der Waals surface area contributed by atoms with Gasteiger partial charge >= 0.3 is 7.75 Å². The summed E-state index contributed by atoms with van der Waals surface area (Å²) >= 11 is 0. The average molecular weight is 401 g/mol. The zero-order valence-corrected chi connectivity index (χ0v) is 17.3. The predicted molar refractivity (Wildman–Crippen MR) is 102 cm³/mol. The van der Waals surface area contributed by atoms with Gasteiger partial charge in [0.05, 0.1) is 37.6 Å². The molecule has 4 radical (unpaired) electrons. The Morgan fingerprint density at radius 1 is 1.07 bits per heavy atom. The topological polar surface area (TPSA) is 95.5 Å². The fraction of sp³-hybridized carbons (Fsp3) is 1.00. The SMILES string of the molecule is [B][C@H]1C[C@@H](NP(=O)(O)OC[C@H]2O[C@@H]([B])C[C@H]2OC(C)C)[C@@H](COC(C)C)O1. The van der Waals surface area contributed by atoms with Crippen molar-refractivity contribution in [3.05, 3.63) is 0 Å². The second-order valence-corrected chi connectivity index (χ2v) is 9.11. The molecule has 2 heterocycles. The maximum Gasteiger partial charge on any atom is 0.403 e. The summed E-state index contributed by atoms with van der Waals surface area (Å²) in [5, 5.41) is 2.63. The van der Waals surface area contributed by atoms with E-state index in [1.165, 1.54) is 0 Å². The Morgan fingerprint density at radius 2 is 1.70 bits per heavy atom. The highest BCUT2D eigenvalue weighted by molar-refractivity contribution is 7.50. The summed E-state index contributed by atoms with van der Waals surface area (Å²) in [5.41, 5.74) is 0. The van der Waals surface area contributed by atoms with Gasteiger partial charge in [0.2, 0.25) is 0 Å². The largest absolute Gasteiger partial charge is 0.403 e. The lowest BCUT2D eigenvalue weighted by Crippen LogP contribution is -2.39. The highest BCUT2D eigenvalue weighted by Crippen LogP contribution is 2.41. The first-order valence-electron chi connectivity index (χ1n) is 9.40. The standard InChI is InChI=1S/C16H30B2NO7P/c1-9(2)22-7-13-11(5-15(17)25-13)19-27(20,21)23-8-14-12(24-10(3)4)6-16(18)26-14/h9-16H,5-8H2,1-4H3,(H2,19,20,21)/t11-,12-,13-,14-,15-,16-/m1/s1. The van der Waals surface area contributed by atoms with E-state index in [0.29, 0.717) is 12.8 Å². The van der Waals surface area contributed by atoms with Gasteiger partial charge in [-0.05, 0) is 40.5 Å². The molecule has 0 amide bonds. The Bertz CT molecular complexity index is 513. The van der Waals surface area contributed by atoms with Gasteiger partial charge in [0.1, 0.15) is 21.8 Å². The molecule has 0 aromatic heterocycles. The van der Waals surface area contributed by atoms with Crippen LogP contribution < -0.4 is 5.09 Å². The molecule has 7 atom stereocenters. The van der Waals surface area contributed by atoms with Gasteiger partial charge in [0.15, 0.2) is 0 Å². The van der Waals surface area contributed by atoms with E-state index in [0.717, 1.165) is 0 Å². The van der Waals surface area contributed by atoms with Crippen molar-refractivity contribution in [2.24, 2.45) is 0 Å². The first kappa shape index (κ1) is 23.4. The summed E-state index contributed by atoms with van der Waals surface area (Å²) in [5.74, 6) is 0. The molecule has 2 saturated heterocycles. The molecule has 27 heavy (non-hydrogen) atoms. The number of hydrogen-bond donors (Lipinski definition) is 2. The van der Waals surface area contributed by atoms with Crippen molar-refractivity contribution in [1.29, 1.82) is 0 Å². The van der Waals surface area contributed by atoms with Crippen molar-refractivity contribution in [2.45, 2.75) is 89.1 Å². The first-order chi connectivity index (χ1) is 12.6. The predicted octanol–water partition coefficient (Wildman–Crippen LogP) is 0.847. The summed E-state index contributed by atoms with van der Waals surface area (Å²) in [7, 11) is 7.51. The van der Waals surface area contributed by atoms with E-state index < -0.39 is 38.0 Å². The van der Waals surface area contributed by atoms with Crippen LogP contribution in [0.2, 0.25) is 0 Å². The third kappa shape index (κ3) is 7.78. The van der Waals surface area contributed by atoms with Crippen LogP contribution in [0.15, 0.2) is 0 Å². The number of hydrogen-bond acceptors (Lipinski definition) is 6. The van der Waals surface area contributed by atoms with E-state index in [1.54, 1.807) is 0 Å². The number of ether oxygens (including phenoxy) is 4. The molecule has 152 valence electrons.